The van der Waals surface area contributed by atoms with Gasteiger partial charge in [-0.3, -0.25) is 0 Å². The molecule has 0 unspecified atom stereocenters. The molecule has 18 heavy (non-hydrogen) atoms. The van der Waals surface area contributed by atoms with Gasteiger partial charge in [0.05, 0.1) is 6.54 Å². The lowest BCUT2D eigenvalue weighted by atomic mass is 10.3. The SMILES string of the molecule is Fc1ccc(OCc2nnc3n2CCNC3)cc1. The minimum Gasteiger partial charge on any atom is -0.486 e. The Hall–Kier alpha value is -1.95. The number of halogens is 1. The molecule has 1 aromatic heterocycles. The molecule has 0 aliphatic carbocycles. The van der Waals surface area contributed by atoms with Crippen LogP contribution >= 0.6 is 0 Å². The number of ether oxygens (including phenoxy) is 1. The van der Waals surface area contributed by atoms with Gasteiger partial charge in [-0.25, -0.2) is 4.39 Å². The second-order valence-corrected chi connectivity index (χ2v) is 4.10. The van der Waals surface area contributed by atoms with Crippen LogP contribution in [0.5, 0.6) is 5.75 Å². The molecule has 0 radical (unpaired) electrons. The van der Waals surface area contributed by atoms with E-state index in [0.717, 1.165) is 31.3 Å². The van der Waals surface area contributed by atoms with Crippen molar-refractivity contribution in [3.05, 3.63) is 41.7 Å². The molecule has 2 aromatic rings. The average molecular weight is 248 g/mol. The fraction of sp³-hybridized carbons (Fsp3) is 0.333. The van der Waals surface area contributed by atoms with Crippen molar-refractivity contribution in [3.8, 4) is 5.75 Å². The molecular formula is C12H13FN4O. The Labute approximate surface area is 104 Å². The van der Waals surface area contributed by atoms with Gasteiger partial charge in [0.25, 0.3) is 0 Å². The standard InChI is InChI=1S/C12H13FN4O/c13-9-1-3-10(4-2-9)18-8-12-16-15-11-7-14-5-6-17(11)12/h1-4,14H,5-8H2. The van der Waals surface area contributed by atoms with E-state index in [-0.39, 0.29) is 5.82 Å². The molecule has 0 saturated carbocycles. The van der Waals surface area contributed by atoms with E-state index in [0.29, 0.717) is 12.4 Å². The molecule has 1 aromatic carbocycles. The summed E-state index contributed by atoms with van der Waals surface area (Å²) >= 11 is 0. The highest BCUT2D eigenvalue weighted by molar-refractivity contribution is 5.22. The van der Waals surface area contributed by atoms with Crippen molar-refractivity contribution in [3.63, 3.8) is 0 Å². The maximum absolute atomic E-state index is 12.7. The van der Waals surface area contributed by atoms with Crippen molar-refractivity contribution in [2.45, 2.75) is 19.7 Å². The summed E-state index contributed by atoms with van der Waals surface area (Å²) in [6.45, 7) is 2.85. The number of hydrogen-bond donors (Lipinski definition) is 1. The summed E-state index contributed by atoms with van der Waals surface area (Å²) in [4.78, 5) is 0. The van der Waals surface area contributed by atoms with Crippen molar-refractivity contribution in [2.24, 2.45) is 0 Å². The first-order valence-corrected chi connectivity index (χ1v) is 5.83. The van der Waals surface area contributed by atoms with Gasteiger partial charge in [-0.2, -0.15) is 0 Å². The van der Waals surface area contributed by atoms with Gasteiger partial charge in [-0.05, 0) is 24.3 Å². The first-order chi connectivity index (χ1) is 8.83. The molecule has 0 amide bonds. The van der Waals surface area contributed by atoms with Crippen LogP contribution in [-0.4, -0.2) is 21.3 Å². The third kappa shape index (κ3) is 2.19. The first kappa shape index (κ1) is 11.2. The first-order valence-electron chi connectivity index (χ1n) is 5.83. The van der Waals surface area contributed by atoms with Crippen molar-refractivity contribution in [1.82, 2.24) is 20.1 Å². The zero-order valence-electron chi connectivity index (χ0n) is 9.77. The fourth-order valence-corrected chi connectivity index (χ4v) is 1.94. The molecule has 0 saturated heterocycles. The van der Waals surface area contributed by atoms with Gasteiger partial charge in [0.2, 0.25) is 0 Å². The molecule has 1 N–H and O–H groups in total. The van der Waals surface area contributed by atoms with Crippen molar-refractivity contribution < 1.29 is 9.13 Å². The van der Waals surface area contributed by atoms with E-state index in [1.165, 1.54) is 12.1 Å². The van der Waals surface area contributed by atoms with Crippen molar-refractivity contribution in [2.75, 3.05) is 6.54 Å². The highest BCUT2D eigenvalue weighted by Gasteiger charge is 2.15. The average Bonchev–Trinajstić information content (AvgIpc) is 2.82. The maximum Gasteiger partial charge on any atom is 0.171 e. The van der Waals surface area contributed by atoms with Gasteiger partial charge >= 0.3 is 0 Å². The van der Waals surface area contributed by atoms with Crippen LogP contribution in [0.15, 0.2) is 24.3 Å². The Morgan fingerprint density at radius 1 is 1.28 bits per heavy atom. The predicted molar refractivity (Wildman–Crippen MR) is 62.5 cm³/mol. The second kappa shape index (κ2) is 4.73. The number of nitrogens with one attached hydrogen (secondary N) is 1. The molecular weight excluding hydrogens is 235 g/mol. The van der Waals surface area contributed by atoms with Crippen LogP contribution in [0, 0.1) is 5.82 Å². The van der Waals surface area contributed by atoms with Gasteiger partial charge in [0, 0.05) is 13.1 Å². The smallest absolute Gasteiger partial charge is 0.171 e. The largest absolute Gasteiger partial charge is 0.486 e. The minimum atomic E-state index is -0.270. The number of benzene rings is 1. The molecule has 0 bridgehead atoms. The monoisotopic (exact) mass is 248 g/mol. The van der Waals surface area contributed by atoms with Crippen LogP contribution < -0.4 is 10.1 Å². The highest BCUT2D eigenvalue weighted by atomic mass is 19.1. The maximum atomic E-state index is 12.7. The normalized spacial score (nSPS) is 14.3. The number of aromatic nitrogens is 3. The van der Waals surface area contributed by atoms with E-state index >= 15 is 0 Å². The topological polar surface area (TPSA) is 52.0 Å². The minimum absolute atomic E-state index is 0.270. The summed E-state index contributed by atoms with van der Waals surface area (Å²) in [6.07, 6.45) is 0. The summed E-state index contributed by atoms with van der Waals surface area (Å²) in [5.41, 5.74) is 0. The lowest BCUT2D eigenvalue weighted by molar-refractivity contribution is 0.286. The van der Waals surface area contributed by atoms with E-state index in [4.69, 9.17) is 4.74 Å². The van der Waals surface area contributed by atoms with Crippen LogP contribution in [0.3, 0.4) is 0 Å². The van der Waals surface area contributed by atoms with Crippen LogP contribution in [0.1, 0.15) is 11.6 Å². The third-order valence-corrected chi connectivity index (χ3v) is 2.88. The van der Waals surface area contributed by atoms with Crippen LogP contribution in [0.4, 0.5) is 4.39 Å². The van der Waals surface area contributed by atoms with E-state index in [1.807, 2.05) is 0 Å². The van der Waals surface area contributed by atoms with Crippen LogP contribution in [0.25, 0.3) is 0 Å². The number of nitrogens with zero attached hydrogens (tertiary/aromatic N) is 3. The molecule has 5 nitrogen and oxygen atoms in total. The summed E-state index contributed by atoms with van der Waals surface area (Å²) in [7, 11) is 0. The zero-order valence-corrected chi connectivity index (χ0v) is 9.77. The zero-order chi connectivity index (χ0) is 12.4. The van der Waals surface area contributed by atoms with Crippen LogP contribution in [0.2, 0.25) is 0 Å². The summed E-state index contributed by atoms with van der Waals surface area (Å²) in [5, 5.41) is 11.4. The third-order valence-electron chi connectivity index (χ3n) is 2.88. The number of hydrogen-bond acceptors (Lipinski definition) is 4. The Morgan fingerprint density at radius 2 is 2.11 bits per heavy atom. The second-order valence-electron chi connectivity index (χ2n) is 4.10. The Morgan fingerprint density at radius 3 is 2.94 bits per heavy atom. The molecule has 1 aliphatic rings. The summed E-state index contributed by atoms with van der Waals surface area (Å²) in [5.74, 6) is 2.09. The molecule has 6 heteroatoms. The quantitative estimate of drug-likeness (QED) is 0.883. The lowest BCUT2D eigenvalue weighted by Crippen LogP contribution is -2.29. The Kier molecular flexibility index (Phi) is 2.93. The predicted octanol–water partition coefficient (Wildman–Crippen LogP) is 1.10. The van der Waals surface area contributed by atoms with Gasteiger partial charge < -0.3 is 14.6 Å². The van der Waals surface area contributed by atoms with Gasteiger partial charge in [0.15, 0.2) is 5.82 Å². The van der Waals surface area contributed by atoms with E-state index in [9.17, 15) is 4.39 Å². The molecule has 94 valence electrons. The lowest BCUT2D eigenvalue weighted by Gasteiger charge is -2.16. The summed E-state index contributed by atoms with van der Waals surface area (Å²) < 4.78 is 20.4. The number of rotatable bonds is 3. The molecule has 3 rings (SSSR count). The molecule has 2 heterocycles. The molecule has 0 fully saturated rings. The summed E-state index contributed by atoms with van der Waals surface area (Å²) in [6, 6.07) is 5.95. The van der Waals surface area contributed by atoms with E-state index in [1.54, 1.807) is 12.1 Å². The van der Waals surface area contributed by atoms with Crippen LogP contribution in [-0.2, 0) is 19.7 Å². The molecule has 0 spiro atoms. The van der Waals surface area contributed by atoms with E-state index in [2.05, 4.69) is 20.1 Å². The fourth-order valence-electron chi connectivity index (χ4n) is 1.94. The van der Waals surface area contributed by atoms with Crippen molar-refractivity contribution in [1.29, 1.82) is 0 Å². The molecule has 1 aliphatic heterocycles. The highest BCUT2D eigenvalue weighted by Crippen LogP contribution is 2.14. The number of fused-ring (bicyclic) bond motifs is 1. The van der Waals surface area contributed by atoms with Gasteiger partial charge in [-0.1, -0.05) is 0 Å². The van der Waals surface area contributed by atoms with E-state index < -0.39 is 0 Å². The van der Waals surface area contributed by atoms with Gasteiger partial charge in [0.1, 0.15) is 24.0 Å². The Bertz CT molecular complexity index is 538. The van der Waals surface area contributed by atoms with Crippen molar-refractivity contribution >= 4 is 0 Å². The molecule has 0 atom stereocenters. The Balaban J connectivity index is 1.70. The van der Waals surface area contributed by atoms with Gasteiger partial charge in [-0.15, -0.1) is 10.2 Å².